The minimum Gasteiger partial charge on any atom is -0.447 e. The van der Waals surface area contributed by atoms with Crippen molar-refractivity contribution in [2.24, 2.45) is 0 Å². The van der Waals surface area contributed by atoms with Crippen molar-refractivity contribution in [2.75, 3.05) is 26.7 Å². The summed E-state index contributed by atoms with van der Waals surface area (Å²) < 4.78 is 10.2. The largest absolute Gasteiger partial charge is 0.447 e. The Labute approximate surface area is 195 Å². The van der Waals surface area contributed by atoms with Gasteiger partial charge in [0.2, 0.25) is 11.8 Å². The van der Waals surface area contributed by atoms with Crippen LogP contribution in [0.2, 0.25) is 0 Å². The molecule has 0 saturated heterocycles. The highest BCUT2D eigenvalue weighted by molar-refractivity contribution is 5.86. The molecule has 1 atom stereocenters. The van der Waals surface area contributed by atoms with Gasteiger partial charge in [0.15, 0.2) is 0 Å². The van der Waals surface area contributed by atoms with Crippen molar-refractivity contribution >= 4 is 24.0 Å². The summed E-state index contributed by atoms with van der Waals surface area (Å²) in [6.45, 7) is 5.94. The normalized spacial score (nSPS) is 11.3. The first-order chi connectivity index (χ1) is 15.7. The van der Waals surface area contributed by atoms with Crippen LogP contribution in [-0.4, -0.2) is 67.7 Å². The summed E-state index contributed by atoms with van der Waals surface area (Å²) in [5, 5.41) is 8.01. The maximum Gasteiger partial charge on any atom is 0.409 e. The van der Waals surface area contributed by atoms with Crippen LogP contribution in [0.5, 0.6) is 0 Å². The predicted octanol–water partition coefficient (Wildman–Crippen LogP) is 2.18. The van der Waals surface area contributed by atoms with Gasteiger partial charge in [0.25, 0.3) is 0 Å². The van der Waals surface area contributed by atoms with E-state index in [1.165, 1.54) is 11.8 Å². The van der Waals surface area contributed by atoms with Crippen LogP contribution in [0.4, 0.5) is 9.59 Å². The number of hydrogen-bond acceptors (Lipinski definition) is 6. The fraction of sp³-hybridized carbons (Fsp3) is 0.565. The molecule has 0 bridgehead atoms. The molecule has 0 aliphatic carbocycles. The molecule has 0 aliphatic heterocycles. The predicted molar refractivity (Wildman–Crippen MR) is 123 cm³/mol. The lowest BCUT2D eigenvalue weighted by molar-refractivity contribution is -0.128. The van der Waals surface area contributed by atoms with E-state index in [4.69, 9.17) is 9.47 Å². The van der Waals surface area contributed by atoms with Crippen LogP contribution in [0.25, 0.3) is 0 Å². The molecule has 1 aromatic carbocycles. The summed E-state index contributed by atoms with van der Waals surface area (Å²) in [4.78, 5) is 48.8. The molecule has 1 aromatic rings. The second-order valence-corrected chi connectivity index (χ2v) is 7.88. The fourth-order valence-corrected chi connectivity index (χ4v) is 2.82. The summed E-state index contributed by atoms with van der Waals surface area (Å²) in [5.41, 5.74) is 0.887. The number of likely N-dealkylation sites (N-methyl/N-ethyl adjacent to an activating group) is 1. The van der Waals surface area contributed by atoms with Crippen molar-refractivity contribution < 1.29 is 28.7 Å². The van der Waals surface area contributed by atoms with Crippen molar-refractivity contribution in [3.63, 3.8) is 0 Å². The standard InChI is InChI=1S/C23H36N4O6/c1-17(2)33-22(30)25-13-9-8-12-20(26-18(3)28)21(29)24-14-15-27(4)23(31)32-16-19-10-6-5-7-11-19/h5-7,10-11,17,20H,8-9,12-16H2,1-4H3,(H,24,29)(H,25,30)(H,26,28)/t20-/m0/s1. The Balaban J connectivity index is 2.32. The van der Waals surface area contributed by atoms with Gasteiger partial charge in [0.1, 0.15) is 12.6 Å². The Hall–Kier alpha value is -3.30. The maximum atomic E-state index is 12.5. The number of nitrogens with zero attached hydrogens (tertiary/aromatic N) is 1. The van der Waals surface area contributed by atoms with Crippen LogP contribution in [0, 0.1) is 0 Å². The third-order valence-corrected chi connectivity index (χ3v) is 4.49. The van der Waals surface area contributed by atoms with Gasteiger partial charge in [-0.25, -0.2) is 9.59 Å². The molecule has 184 valence electrons. The average Bonchev–Trinajstić information content (AvgIpc) is 2.76. The lowest BCUT2D eigenvalue weighted by Crippen LogP contribution is -2.47. The van der Waals surface area contributed by atoms with Gasteiger partial charge in [-0.1, -0.05) is 30.3 Å². The van der Waals surface area contributed by atoms with Crippen LogP contribution in [-0.2, 0) is 25.7 Å². The Bertz CT molecular complexity index is 757. The van der Waals surface area contributed by atoms with Gasteiger partial charge < -0.3 is 30.3 Å². The summed E-state index contributed by atoms with van der Waals surface area (Å²) in [6, 6.07) is 8.65. The van der Waals surface area contributed by atoms with Gasteiger partial charge in [0, 0.05) is 33.6 Å². The summed E-state index contributed by atoms with van der Waals surface area (Å²) in [5.74, 6) is -0.640. The van der Waals surface area contributed by atoms with Crippen LogP contribution in [0.15, 0.2) is 30.3 Å². The molecule has 1 rings (SSSR count). The molecule has 33 heavy (non-hydrogen) atoms. The molecular weight excluding hydrogens is 428 g/mol. The first-order valence-electron chi connectivity index (χ1n) is 11.1. The van der Waals surface area contributed by atoms with Crippen LogP contribution in [0.3, 0.4) is 0 Å². The van der Waals surface area contributed by atoms with Gasteiger partial charge in [-0.2, -0.15) is 0 Å². The number of amides is 4. The number of rotatable bonds is 13. The van der Waals surface area contributed by atoms with Crippen LogP contribution in [0.1, 0.15) is 45.6 Å². The molecule has 10 nitrogen and oxygen atoms in total. The number of nitrogens with one attached hydrogen (secondary N) is 3. The van der Waals surface area contributed by atoms with Crippen molar-refractivity contribution in [1.29, 1.82) is 0 Å². The number of carbonyl (C=O) groups excluding carboxylic acids is 4. The van der Waals surface area contributed by atoms with E-state index in [0.717, 1.165) is 5.56 Å². The maximum absolute atomic E-state index is 12.5. The van der Waals surface area contributed by atoms with E-state index in [9.17, 15) is 19.2 Å². The molecule has 0 unspecified atom stereocenters. The quantitative estimate of drug-likeness (QED) is 0.384. The highest BCUT2D eigenvalue weighted by Gasteiger charge is 2.19. The molecule has 0 saturated carbocycles. The Kier molecular flexibility index (Phi) is 13.0. The number of hydrogen-bond donors (Lipinski definition) is 3. The smallest absolute Gasteiger partial charge is 0.409 e. The van der Waals surface area contributed by atoms with E-state index in [0.29, 0.717) is 25.8 Å². The van der Waals surface area contributed by atoms with Crippen molar-refractivity contribution in [3.05, 3.63) is 35.9 Å². The molecule has 0 radical (unpaired) electrons. The second kappa shape index (κ2) is 15.5. The van der Waals surface area contributed by atoms with Gasteiger partial charge in [-0.05, 0) is 38.7 Å². The zero-order chi connectivity index (χ0) is 24.6. The molecule has 4 amide bonds. The van der Waals surface area contributed by atoms with E-state index in [1.54, 1.807) is 20.9 Å². The van der Waals surface area contributed by atoms with Gasteiger partial charge in [0.05, 0.1) is 6.10 Å². The second-order valence-electron chi connectivity index (χ2n) is 7.88. The minimum atomic E-state index is -0.694. The zero-order valence-corrected chi connectivity index (χ0v) is 19.9. The number of benzene rings is 1. The highest BCUT2D eigenvalue weighted by Crippen LogP contribution is 2.03. The first kappa shape index (κ1) is 27.7. The van der Waals surface area contributed by atoms with Gasteiger partial charge in [-0.15, -0.1) is 0 Å². The Morgan fingerprint density at radius 1 is 1.00 bits per heavy atom. The molecule has 0 aliphatic rings. The van der Waals surface area contributed by atoms with E-state index in [2.05, 4.69) is 16.0 Å². The topological polar surface area (TPSA) is 126 Å². The Morgan fingerprint density at radius 2 is 1.70 bits per heavy atom. The number of unbranched alkanes of at least 4 members (excludes halogenated alkanes) is 1. The van der Waals surface area contributed by atoms with Crippen molar-refractivity contribution in [3.8, 4) is 0 Å². The number of alkyl carbamates (subject to hydrolysis) is 1. The van der Waals surface area contributed by atoms with Crippen LogP contribution < -0.4 is 16.0 Å². The SMILES string of the molecule is CC(=O)N[C@@H](CCCCNC(=O)OC(C)C)C(=O)NCCN(C)C(=O)OCc1ccccc1. The number of ether oxygens (including phenoxy) is 2. The highest BCUT2D eigenvalue weighted by atomic mass is 16.6. The van der Waals surface area contributed by atoms with Gasteiger partial charge in [-0.3, -0.25) is 9.59 Å². The lowest BCUT2D eigenvalue weighted by Gasteiger charge is -2.20. The average molecular weight is 465 g/mol. The van der Waals surface area contributed by atoms with E-state index in [1.807, 2.05) is 30.3 Å². The van der Waals surface area contributed by atoms with Crippen molar-refractivity contribution in [1.82, 2.24) is 20.9 Å². The van der Waals surface area contributed by atoms with E-state index in [-0.39, 0.29) is 37.6 Å². The lowest BCUT2D eigenvalue weighted by atomic mass is 10.1. The molecule has 10 heteroatoms. The molecule has 0 spiro atoms. The molecule has 3 N–H and O–H groups in total. The molecule has 0 fully saturated rings. The summed E-state index contributed by atoms with van der Waals surface area (Å²) in [7, 11) is 1.59. The number of carbonyl (C=O) groups is 4. The monoisotopic (exact) mass is 464 g/mol. The zero-order valence-electron chi connectivity index (χ0n) is 19.9. The summed E-state index contributed by atoms with van der Waals surface area (Å²) in [6.07, 6.45) is 0.505. The van der Waals surface area contributed by atoms with E-state index >= 15 is 0 Å². The fourth-order valence-electron chi connectivity index (χ4n) is 2.82. The first-order valence-corrected chi connectivity index (χ1v) is 11.1. The third kappa shape index (κ3) is 13.0. The third-order valence-electron chi connectivity index (χ3n) is 4.49. The van der Waals surface area contributed by atoms with Gasteiger partial charge >= 0.3 is 12.2 Å². The molecular formula is C23H36N4O6. The summed E-state index contributed by atoms with van der Waals surface area (Å²) >= 11 is 0. The van der Waals surface area contributed by atoms with E-state index < -0.39 is 18.2 Å². The minimum absolute atomic E-state index is 0.172. The van der Waals surface area contributed by atoms with Crippen molar-refractivity contribution in [2.45, 2.75) is 58.8 Å². The Morgan fingerprint density at radius 3 is 2.33 bits per heavy atom. The molecule has 0 heterocycles. The van der Waals surface area contributed by atoms with Crippen LogP contribution >= 0.6 is 0 Å². The molecule has 0 aromatic heterocycles.